The number of nitrogens with zero attached hydrogens (tertiary/aromatic N) is 2. The van der Waals surface area contributed by atoms with E-state index in [2.05, 4.69) is 61.3 Å². The van der Waals surface area contributed by atoms with E-state index in [9.17, 15) is 4.79 Å². The number of carbonyl (C=O) groups excluding carboxylic acids is 1. The molecule has 1 amide bonds. The molecular weight excluding hydrogens is 410 g/mol. The molecule has 162 valence electrons. The van der Waals surface area contributed by atoms with Gasteiger partial charge in [-0.05, 0) is 80.1 Å². The molecule has 31 heavy (non-hydrogen) atoms. The van der Waals surface area contributed by atoms with Crippen LogP contribution in [0.15, 0.2) is 52.0 Å². The topological polar surface area (TPSA) is 57.8 Å². The van der Waals surface area contributed by atoms with Crippen molar-refractivity contribution in [3.63, 3.8) is 0 Å². The van der Waals surface area contributed by atoms with Gasteiger partial charge in [-0.15, -0.1) is 0 Å². The highest BCUT2D eigenvalue weighted by Crippen LogP contribution is 2.43. The highest BCUT2D eigenvalue weighted by molar-refractivity contribution is 6.31. The van der Waals surface area contributed by atoms with Crippen LogP contribution in [0.25, 0.3) is 11.0 Å². The van der Waals surface area contributed by atoms with Gasteiger partial charge in [-0.2, -0.15) is 5.10 Å². The van der Waals surface area contributed by atoms with Crippen LogP contribution in [0.1, 0.15) is 68.1 Å². The van der Waals surface area contributed by atoms with Crippen molar-refractivity contribution in [2.75, 3.05) is 11.4 Å². The van der Waals surface area contributed by atoms with Gasteiger partial charge in [-0.3, -0.25) is 4.79 Å². The zero-order valence-corrected chi connectivity index (χ0v) is 19.2. The zero-order valence-electron chi connectivity index (χ0n) is 18.4. The molecule has 0 bridgehead atoms. The quantitative estimate of drug-likeness (QED) is 0.373. The third-order valence-corrected chi connectivity index (χ3v) is 6.17. The summed E-state index contributed by atoms with van der Waals surface area (Å²) in [5, 5.41) is 5.52. The molecule has 3 aromatic rings. The molecule has 0 saturated carbocycles. The molecule has 2 heterocycles. The maximum Gasteiger partial charge on any atom is 0.307 e. The van der Waals surface area contributed by atoms with Crippen molar-refractivity contribution < 1.29 is 9.21 Å². The van der Waals surface area contributed by atoms with E-state index in [4.69, 9.17) is 16.0 Å². The first-order valence-corrected chi connectivity index (χ1v) is 11.1. The first kappa shape index (κ1) is 21.4. The number of rotatable bonds is 5. The van der Waals surface area contributed by atoms with Crippen molar-refractivity contribution in [3.8, 4) is 0 Å². The molecule has 2 aromatic carbocycles. The van der Waals surface area contributed by atoms with Crippen LogP contribution in [0.3, 0.4) is 0 Å². The summed E-state index contributed by atoms with van der Waals surface area (Å²) in [6.07, 6.45) is 3.89. The van der Waals surface area contributed by atoms with E-state index in [1.807, 2.05) is 0 Å². The standard InChI is InChI=1S/C25H28ClN3O2/c1-5-10-29-21-8-6-17(11-20(21)16(2)14-25(29,3)4)15-27-28-24(30)23-13-18-12-19(26)7-9-22(18)31-23/h6-9,11-13,15-16H,5,10,14H2,1-4H3,(H,28,30)/b27-15-. The van der Waals surface area contributed by atoms with Crippen LogP contribution in [0, 0.1) is 0 Å². The Morgan fingerprint density at radius 1 is 1.29 bits per heavy atom. The van der Waals surface area contributed by atoms with E-state index in [1.54, 1.807) is 30.5 Å². The van der Waals surface area contributed by atoms with Gasteiger partial charge in [0.15, 0.2) is 5.76 Å². The summed E-state index contributed by atoms with van der Waals surface area (Å²) in [7, 11) is 0. The zero-order chi connectivity index (χ0) is 22.2. The van der Waals surface area contributed by atoms with Gasteiger partial charge in [0, 0.05) is 28.2 Å². The Labute approximate surface area is 188 Å². The van der Waals surface area contributed by atoms with Crippen molar-refractivity contribution >= 4 is 40.4 Å². The second-order valence-corrected chi connectivity index (χ2v) is 9.32. The van der Waals surface area contributed by atoms with Crippen LogP contribution in [-0.4, -0.2) is 24.2 Å². The van der Waals surface area contributed by atoms with E-state index in [-0.39, 0.29) is 11.3 Å². The molecule has 1 aliphatic heterocycles. The minimum Gasteiger partial charge on any atom is -0.451 e. The average Bonchev–Trinajstić information content (AvgIpc) is 3.14. The monoisotopic (exact) mass is 437 g/mol. The average molecular weight is 438 g/mol. The van der Waals surface area contributed by atoms with Crippen LogP contribution in [0.5, 0.6) is 0 Å². The molecule has 1 aliphatic rings. The summed E-state index contributed by atoms with van der Waals surface area (Å²) in [5.41, 5.74) is 6.89. The minimum atomic E-state index is -0.397. The maximum absolute atomic E-state index is 12.4. The number of hydrogen-bond donors (Lipinski definition) is 1. The molecular formula is C25H28ClN3O2. The third kappa shape index (κ3) is 4.33. The first-order chi connectivity index (χ1) is 14.8. The number of amides is 1. The first-order valence-electron chi connectivity index (χ1n) is 10.7. The fourth-order valence-electron chi connectivity index (χ4n) is 4.58. The van der Waals surface area contributed by atoms with Crippen LogP contribution < -0.4 is 10.3 Å². The smallest absolute Gasteiger partial charge is 0.307 e. The Bertz CT molecular complexity index is 1150. The van der Waals surface area contributed by atoms with Crippen LogP contribution in [0.2, 0.25) is 5.02 Å². The molecule has 0 spiro atoms. The van der Waals surface area contributed by atoms with Crippen LogP contribution in [-0.2, 0) is 0 Å². The second-order valence-electron chi connectivity index (χ2n) is 8.88. The third-order valence-electron chi connectivity index (χ3n) is 5.94. The molecule has 1 unspecified atom stereocenters. The Morgan fingerprint density at radius 3 is 2.87 bits per heavy atom. The SMILES string of the molecule is CCCN1c2ccc(/C=N\NC(=O)c3cc4cc(Cl)ccc4o3)cc2C(C)CC1(C)C. The fraction of sp³-hybridized carbons (Fsp3) is 0.360. The predicted molar refractivity (Wildman–Crippen MR) is 127 cm³/mol. The number of hydrazone groups is 1. The lowest BCUT2D eigenvalue weighted by molar-refractivity contribution is 0.0929. The van der Waals surface area contributed by atoms with Crippen LogP contribution >= 0.6 is 11.6 Å². The molecule has 0 saturated heterocycles. The Hall–Kier alpha value is -2.79. The lowest BCUT2D eigenvalue weighted by atomic mass is 9.79. The van der Waals surface area contributed by atoms with E-state index in [0.29, 0.717) is 16.5 Å². The van der Waals surface area contributed by atoms with Crippen molar-refractivity contribution in [2.24, 2.45) is 5.10 Å². The minimum absolute atomic E-state index is 0.142. The summed E-state index contributed by atoms with van der Waals surface area (Å²) in [4.78, 5) is 14.9. The predicted octanol–water partition coefficient (Wildman–Crippen LogP) is 6.35. The van der Waals surface area contributed by atoms with Crippen molar-refractivity contribution in [2.45, 2.75) is 52.0 Å². The molecule has 6 heteroatoms. The fourth-order valence-corrected chi connectivity index (χ4v) is 4.76. The number of fused-ring (bicyclic) bond motifs is 2. The van der Waals surface area contributed by atoms with Crippen molar-refractivity contribution in [1.29, 1.82) is 0 Å². The van der Waals surface area contributed by atoms with E-state index >= 15 is 0 Å². The molecule has 5 nitrogen and oxygen atoms in total. The second kappa shape index (κ2) is 8.39. The Kier molecular flexibility index (Phi) is 5.80. The van der Waals surface area contributed by atoms with Gasteiger partial charge >= 0.3 is 5.91 Å². The summed E-state index contributed by atoms with van der Waals surface area (Å²) in [6, 6.07) is 13.3. The summed E-state index contributed by atoms with van der Waals surface area (Å²) < 4.78 is 5.58. The van der Waals surface area contributed by atoms with E-state index in [0.717, 1.165) is 30.3 Å². The molecule has 0 radical (unpaired) electrons. The van der Waals surface area contributed by atoms with Crippen LogP contribution in [0.4, 0.5) is 5.69 Å². The normalized spacial score (nSPS) is 17.8. The molecule has 0 fully saturated rings. The molecule has 1 atom stereocenters. The highest BCUT2D eigenvalue weighted by Gasteiger charge is 2.35. The van der Waals surface area contributed by atoms with E-state index in [1.165, 1.54) is 11.3 Å². The molecule has 0 aliphatic carbocycles. The Balaban J connectivity index is 1.50. The van der Waals surface area contributed by atoms with Gasteiger partial charge in [0.25, 0.3) is 0 Å². The molecule has 4 rings (SSSR count). The van der Waals surface area contributed by atoms with Gasteiger partial charge < -0.3 is 9.32 Å². The largest absolute Gasteiger partial charge is 0.451 e. The summed E-state index contributed by atoms with van der Waals surface area (Å²) >= 11 is 5.99. The Morgan fingerprint density at radius 2 is 2.10 bits per heavy atom. The number of benzene rings is 2. The molecule has 1 N–H and O–H groups in total. The maximum atomic E-state index is 12.4. The van der Waals surface area contributed by atoms with Crippen molar-refractivity contribution in [1.82, 2.24) is 5.43 Å². The number of furan rings is 1. The van der Waals surface area contributed by atoms with Gasteiger partial charge in [-0.25, -0.2) is 5.43 Å². The number of halogens is 1. The molecule has 1 aromatic heterocycles. The van der Waals surface area contributed by atoms with Crippen molar-refractivity contribution in [3.05, 3.63) is 64.4 Å². The number of anilines is 1. The van der Waals surface area contributed by atoms with Gasteiger partial charge in [0.1, 0.15) is 5.58 Å². The number of carbonyl (C=O) groups is 1. The van der Waals surface area contributed by atoms with Gasteiger partial charge in [0.05, 0.1) is 6.21 Å². The highest BCUT2D eigenvalue weighted by atomic mass is 35.5. The van der Waals surface area contributed by atoms with Gasteiger partial charge in [0.2, 0.25) is 0 Å². The number of hydrogen-bond acceptors (Lipinski definition) is 4. The van der Waals surface area contributed by atoms with E-state index < -0.39 is 5.91 Å². The summed E-state index contributed by atoms with van der Waals surface area (Å²) in [5.74, 6) is 0.264. The lowest BCUT2D eigenvalue weighted by Gasteiger charge is -2.47. The number of nitrogens with one attached hydrogen (secondary N) is 1. The van der Waals surface area contributed by atoms with Gasteiger partial charge in [-0.1, -0.05) is 31.5 Å². The summed E-state index contributed by atoms with van der Waals surface area (Å²) in [6.45, 7) is 10.2. The lowest BCUT2D eigenvalue weighted by Crippen LogP contribution is -2.48.